The highest BCUT2D eigenvalue weighted by molar-refractivity contribution is 5.67. The van der Waals surface area contributed by atoms with Crippen LogP contribution in [0.2, 0.25) is 0 Å². The highest BCUT2D eigenvalue weighted by Crippen LogP contribution is 2.52. The maximum absolute atomic E-state index is 11.4. The second-order valence-corrected chi connectivity index (χ2v) is 9.02. The van der Waals surface area contributed by atoms with Crippen molar-refractivity contribution in [2.24, 2.45) is 22.7 Å². The van der Waals surface area contributed by atoms with Crippen LogP contribution in [0, 0.1) is 22.7 Å². The van der Waals surface area contributed by atoms with Gasteiger partial charge in [-0.15, -0.1) is 0 Å². The summed E-state index contributed by atoms with van der Waals surface area (Å²) in [5, 5.41) is 18.1. The summed E-state index contributed by atoms with van der Waals surface area (Å²) in [5.41, 5.74) is -0.410. The molecule has 6 nitrogen and oxygen atoms in total. The monoisotopic (exact) mass is 370 g/mol. The van der Waals surface area contributed by atoms with E-state index in [1.807, 2.05) is 0 Å². The van der Waals surface area contributed by atoms with Crippen molar-refractivity contribution in [3.8, 4) is 0 Å². The Balaban J connectivity index is 3.03. The number of ether oxygens (including phenoxy) is 1. The molecule has 0 heterocycles. The first-order valence-electron chi connectivity index (χ1n) is 9.46. The van der Waals surface area contributed by atoms with E-state index in [4.69, 9.17) is 14.9 Å². The van der Waals surface area contributed by atoms with Crippen LogP contribution < -0.4 is 0 Å². The fourth-order valence-corrected chi connectivity index (χ4v) is 4.50. The average molecular weight is 370 g/mol. The molecule has 1 saturated carbocycles. The van der Waals surface area contributed by atoms with E-state index in [-0.39, 0.29) is 47.6 Å². The van der Waals surface area contributed by atoms with Crippen LogP contribution in [0.4, 0.5) is 0 Å². The van der Waals surface area contributed by atoms with E-state index in [0.717, 1.165) is 12.8 Å². The quantitative estimate of drug-likeness (QED) is 0.592. The fraction of sp³-hybridized carbons (Fsp3) is 0.850. The van der Waals surface area contributed by atoms with Gasteiger partial charge in [-0.1, -0.05) is 27.7 Å². The SMILES string of the molecule is CC(=O)OC1CCC(C(C)(C)CCC(=O)O)C(C(C)(C)CCC(=O)O)C1. The summed E-state index contributed by atoms with van der Waals surface area (Å²) in [5.74, 6) is -1.47. The molecule has 6 heteroatoms. The van der Waals surface area contributed by atoms with Gasteiger partial charge in [-0.25, -0.2) is 0 Å². The third-order valence-corrected chi connectivity index (χ3v) is 6.11. The predicted molar refractivity (Wildman–Crippen MR) is 97.7 cm³/mol. The molecule has 0 aromatic rings. The van der Waals surface area contributed by atoms with Gasteiger partial charge in [0.2, 0.25) is 0 Å². The molecule has 1 aliphatic rings. The van der Waals surface area contributed by atoms with Crippen molar-refractivity contribution in [3.63, 3.8) is 0 Å². The number of hydrogen-bond acceptors (Lipinski definition) is 4. The van der Waals surface area contributed by atoms with Gasteiger partial charge in [0.15, 0.2) is 0 Å². The van der Waals surface area contributed by atoms with Gasteiger partial charge in [0.25, 0.3) is 0 Å². The van der Waals surface area contributed by atoms with E-state index in [2.05, 4.69) is 27.7 Å². The minimum absolute atomic E-state index is 0.101. The number of carboxylic acid groups (broad SMARTS) is 2. The lowest BCUT2D eigenvalue weighted by atomic mass is 9.55. The van der Waals surface area contributed by atoms with Gasteiger partial charge < -0.3 is 14.9 Å². The number of aliphatic carboxylic acids is 2. The molecule has 3 atom stereocenters. The number of rotatable bonds is 9. The second kappa shape index (κ2) is 8.87. The number of carbonyl (C=O) groups excluding carboxylic acids is 1. The highest BCUT2D eigenvalue weighted by Gasteiger charge is 2.46. The average Bonchev–Trinajstić information content (AvgIpc) is 2.50. The van der Waals surface area contributed by atoms with E-state index < -0.39 is 11.9 Å². The molecule has 26 heavy (non-hydrogen) atoms. The molecular weight excluding hydrogens is 336 g/mol. The van der Waals surface area contributed by atoms with Crippen LogP contribution in [0.25, 0.3) is 0 Å². The molecule has 1 fully saturated rings. The summed E-state index contributed by atoms with van der Waals surface area (Å²) in [6.45, 7) is 9.78. The normalized spacial score (nSPS) is 24.1. The Hall–Kier alpha value is -1.59. The minimum Gasteiger partial charge on any atom is -0.481 e. The Labute approximate surface area is 156 Å². The van der Waals surface area contributed by atoms with Gasteiger partial charge in [0, 0.05) is 19.8 Å². The third kappa shape index (κ3) is 6.61. The topological polar surface area (TPSA) is 101 Å². The summed E-state index contributed by atoms with van der Waals surface area (Å²) in [6.07, 6.45) is 3.53. The van der Waals surface area contributed by atoms with Crippen molar-refractivity contribution in [2.75, 3.05) is 0 Å². The van der Waals surface area contributed by atoms with Gasteiger partial charge in [-0.2, -0.15) is 0 Å². The summed E-state index contributed by atoms with van der Waals surface area (Å²) in [6, 6.07) is 0. The maximum Gasteiger partial charge on any atom is 0.303 e. The molecule has 0 amide bonds. The standard InChI is InChI=1S/C20H34O6/c1-13(21)26-14-6-7-15(19(2,3)10-8-17(22)23)16(12-14)20(4,5)11-9-18(24)25/h14-16H,6-12H2,1-5H3,(H,22,23)(H,24,25). The summed E-state index contributed by atoms with van der Waals surface area (Å²) >= 11 is 0. The first kappa shape index (κ1) is 22.5. The largest absolute Gasteiger partial charge is 0.481 e. The lowest BCUT2D eigenvalue weighted by Gasteiger charge is -2.50. The zero-order valence-electron chi connectivity index (χ0n) is 16.7. The lowest BCUT2D eigenvalue weighted by molar-refractivity contribution is -0.153. The van der Waals surface area contributed by atoms with E-state index in [1.165, 1.54) is 6.92 Å². The van der Waals surface area contributed by atoms with E-state index in [0.29, 0.717) is 19.3 Å². The van der Waals surface area contributed by atoms with Crippen molar-refractivity contribution in [3.05, 3.63) is 0 Å². The van der Waals surface area contributed by atoms with Gasteiger partial charge in [-0.3, -0.25) is 14.4 Å². The lowest BCUT2D eigenvalue weighted by Crippen LogP contribution is -2.45. The Kier molecular flexibility index (Phi) is 7.66. The number of carboxylic acids is 2. The molecule has 150 valence electrons. The van der Waals surface area contributed by atoms with E-state index in [1.54, 1.807) is 0 Å². The Morgan fingerprint density at radius 3 is 1.77 bits per heavy atom. The van der Waals surface area contributed by atoms with Crippen LogP contribution in [-0.2, 0) is 19.1 Å². The molecule has 0 aliphatic heterocycles. The predicted octanol–water partition coefficient (Wildman–Crippen LogP) is 4.12. The fourth-order valence-electron chi connectivity index (χ4n) is 4.50. The first-order valence-corrected chi connectivity index (χ1v) is 9.46. The Morgan fingerprint density at radius 2 is 1.35 bits per heavy atom. The third-order valence-electron chi connectivity index (χ3n) is 6.11. The van der Waals surface area contributed by atoms with Gasteiger partial charge >= 0.3 is 17.9 Å². The molecule has 0 spiro atoms. The van der Waals surface area contributed by atoms with Crippen molar-refractivity contribution < 1.29 is 29.3 Å². The molecule has 0 bridgehead atoms. The summed E-state index contributed by atoms with van der Waals surface area (Å²) < 4.78 is 5.45. The molecule has 1 rings (SSSR count). The van der Waals surface area contributed by atoms with Crippen molar-refractivity contribution >= 4 is 17.9 Å². The van der Waals surface area contributed by atoms with E-state index >= 15 is 0 Å². The number of hydrogen-bond donors (Lipinski definition) is 2. The van der Waals surface area contributed by atoms with Crippen LogP contribution in [0.1, 0.15) is 79.6 Å². The van der Waals surface area contributed by atoms with Crippen LogP contribution in [0.5, 0.6) is 0 Å². The van der Waals surface area contributed by atoms with Crippen LogP contribution in [0.15, 0.2) is 0 Å². The molecule has 0 radical (unpaired) electrons. The van der Waals surface area contributed by atoms with Gasteiger partial charge in [0.05, 0.1) is 0 Å². The molecule has 0 saturated heterocycles. The van der Waals surface area contributed by atoms with Gasteiger partial charge in [0.1, 0.15) is 6.10 Å². The molecule has 3 unspecified atom stereocenters. The zero-order chi connectivity index (χ0) is 20.1. The summed E-state index contributed by atoms with van der Waals surface area (Å²) in [7, 11) is 0. The first-order chi connectivity index (χ1) is 11.8. The number of esters is 1. The number of carbonyl (C=O) groups is 3. The van der Waals surface area contributed by atoms with Crippen LogP contribution in [0.3, 0.4) is 0 Å². The molecule has 0 aromatic heterocycles. The minimum atomic E-state index is -0.813. The second-order valence-electron chi connectivity index (χ2n) is 9.02. The molecular formula is C20H34O6. The summed E-state index contributed by atoms with van der Waals surface area (Å²) in [4.78, 5) is 33.5. The van der Waals surface area contributed by atoms with E-state index in [9.17, 15) is 14.4 Å². The van der Waals surface area contributed by atoms with Crippen LogP contribution in [-0.4, -0.2) is 34.2 Å². The maximum atomic E-state index is 11.4. The van der Waals surface area contributed by atoms with Crippen molar-refractivity contribution in [1.29, 1.82) is 0 Å². The van der Waals surface area contributed by atoms with Crippen molar-refractivity contribution in [2.45, 2.75) is 85.7 Å². The Morgan fingerprint density at radius 1 is 0.885 bits per heavy atom. The highest BCUT2D eigenvalue weighted by atomic mass is 16.5. The Bertz CT molecular complexity index is 522. The smallest absolute Gasteiger partial charge is 0.303 e. The van der Waals surface area contributed by atoms with Gasteiger partial charge in [-0.05, 0) is 54.8 Å². The van der Waals surface area contributed by atoms with Crippen molar-refractivity contribution in [1.82, 2.24) is 0 Å². The molecule has 2 N–H and O–H groups in total. The van der Waals surface area contributed by atoms with Crippen LogP contribution >= 0.6 is 0 Å². The molecule has 0 aromatic carbocycles. The zero-order valence-corrected chi connectivity index (χ0v) is 16.7. The molecule has 1 aliphatic carbocycles.